The molecule has 0 saturated carbocycles. The maximum Gasteiger partial charge on any atom is 0.118 e. The van der Waals surface area contributed by atoms with Gasteiger partial charge in [0.25, 0.3) is 0 Å². The Balaban J connectivity index is 2.09. The van der Waals surface area contributed by atoms with Crippen LogP contribution < -0.4 is 10.5 Å². The molecule has 88 valence electrons. The number of hydrogen-bond donors (Lipinski definition) is 1. The van der Waals surface area contributed by atoms with Crippen LogP contribution in [0.3, 0.4) is 0 Å². The molecule has 16 heavy (non-hydrogen) atoms. The molecule has 3 heteroatoms. The van der Waals surface area contributed by atoms with Gasteiger partial charge >= 0.3 is 0 Å². The molecule has 1 aromatic rings. The number of benzene rings is 1. The van der Waals surface area contributed by atoms with Crippen LogP contribution in [0.2, 0.25) is 0 Å². The van der Waals surface area contributed by atoms with E-state index in [2.05, 4.69) is 17.0 Å². The lowest BCUT2D eigenvalue weighted by Crippen LogP contribution is -2.29. The average Bonchev–Trinajstić information content (AvgIpc) is 2.78. The minimum atomic E-state index is 0.550. The molecular weight excluding hydrogens is 200 g/mol. The number of ether oxygens (including phenoxy) is 1. The van der Waals surface area contributed by atoms with Gasteiger partial charge in [0.15, 0.2) is 0 Å². The highest BCUT2D eigenvalue weighted by Gasteiger charge is 2.24. The van der Waals surface area contributed by atoms with E-state index in [1.165, 1.54) is 24.9 Å². The van der Waals surface area contributed by atoms with Gasteiger partial charge in [-0.3, -0.25) is 4.90 Å². The number of hydrogen-bond acceptors (Lipinski definition) is 3. The second-order valence-corrected chi connectivity index (χ2v) is 4.26. The Labute approximate surface area is 97.2 Å². The van der Waals surface area contributed by atoms with Gasteiger partial charge in [-0.25, -0.2) is 0 Å². The minimum Gasteiger partial charge on any atom is -0.497 e. The molecule has 2 rings (SSSR count). The second-order valence-electron chi connectivity index (χ2n) is 4.26. The van der Waals surface area contributed by atoms with E-state index >= 15 is 0 Å². The minimum absolute atomic E-state index is 0.550. The Hall–Kier alpha value is -1.06. The lowest BCUT2D eigenvalue weighted by atomic mass is 10.0. The number of nitrogens with zero attached hydrogens (tertiary/aromatic N) is 1. The SMILES string of the molecule is COc1ccc(C2CCCN2CCN)cc1. The van der Waals surface area contributed by atoms with Crippen LogP contribution in [0.4, 0.5) is 0 Å². The van der Waals surface area contributed by atoms with Gasteiger partial charge in [0.05, 0.1) is 7.11 Å². The van der Waals surface area contributed by atoms with Crippen molar-refractivity contribution in [1.29, 1.82) is 0 Å². The maximum absolute atomic E-state index is 5.63. The topological polar surface area (TPSA) is 38.5 Å². The molecule has 3 nitrogen and oxygen atoms in total. The van der Waals surface area contributed by atoms with Crippen molar-refractivity contribution in [3.63, 3.8) is 0 Å². The number of rotatable bonds is 4. The van der Waals surface area contributed by atoms with E-state index in [9.17, 15) is 0 Å². The highest BCUT2D eigenvalue weighted by molar-refractivity contribution is 5.29. The number of nitrogens with two attached hydrogens (primary N) is 1. The molecule has 1 saturated heterocycles. The summed E-state index contributed by atoms with van der Waals surface area (Å²) in [5.74, 6) is 0.923. The normalized spacial score (nSPS) is 21.2. The largest absolute Gasteiger partial charge is 0.497 e. The summed E-state index contributed by atoms with van der Waals surface area (Å²) in [6.45, 7) is 2.91. The van der Waals surface area contributed by atoms with Crippen molar-refractivity contribution in [3.8, 4) is 5.75 Å². The molecule has 0 aromatic heterocycles. The van der Waals surface area contributed by atoms with Crippen molar-refractivity contribution < 1.29 is 4.74 Å². The highest BCUT2D eigenvalue weighted by Crippen LogP contribution is 2.32. The summed E-state index contributed by atoms with van der Waals surface area (Å²) in [5, 5.41) is 0. The van der Waals surface area contributed by atoms with Gasteiger partial charge in [-0.15, -0.1) is 0 Å². The van der Waals surface area contributed by atoms with Gasteiger partial charge in [0, 0.05) is 19.1 Å². The zero-order valence-corrected chi connectivity index (χ0v) is 9.86. The van der Waals surface area contributed by atoms with Crippen LogP contribution in [0.1, 0.15) is 24.4 Å². The molecule has 1 atom stereocenters. The summed E-state index contributed by atoms with van der Waals surface area (Å²) < 4.78 is 5.17. The maximum atomic E-state index is 5.63. The molecule has 0 amide bonds. The van der Waals surface area contributed by atoms with Crippen LogP contribution in [0.25, 0.3) is 0 Å². The van der Waals surface area contributed by atoms with Gasteiger partial charge in [-0.1, -0.05) is 12.1 Å². The smallest absolute Gasteiger partial charge is 0.118 e. The molecule has 1 heterocycles. The Bertz CT molecular complexity index is 323. The van der Waals surface area contributed by atoms with Crippen molar-refractivity contribution in [3.05, 3.63) is 29.8 Å². The summed E-state index contributed by atoms with van der Waals surface area (Å²) in [6, 6.07) is 8.95. The van der Waals surface area contributed by atoms with Crippen LogP contribution in [-0.4, -0.2) is 31.6 Å². The van der Waals surface area contributed by atoms with E-state index in [0.717, 1.165) is 18.8 Å². The molecule has 1 aliphatic rings. The zero-order chi connectivity index (χ0) is 11.4. The summed E-state index contributed by atoms with van der Waals surface area (Å²) in [6.07, 6.45) is 2.52. The molecule has 0 radical (unpaired) electrons. The van der Waals surface area contributed by atoms with E-state index in [1.54, 1.807) is 7.11 Å². The van der Waals surface area contributed by atoms with E-state index in [-0.39, 0.29) is 0 Å². The first-order valence-corrected chi connectivity index (χ1v) is 5.93. The fourth-order valence-electron chi connectivity index (χ4n) is 2.46. The summed E-state index contributed by atoms with van der Waals surface area (Å²) >= 11 is 0. The lowest BCUT2D eigenvalue weighted by Gasteiger charge is -2.24. The first-order chi connectivity index (χ1) is 7.85. The third-order valence-electron chi connectivity index (χ3n) is 3.28. The van der Waals surface area contributed by atoms with Gasteiger partial charge in [-0.05, 0) is 37.1 Å². The predicted octanol–water partition coefficient (Wildman–Crippen LogP) is 1.79. The molecule has 1 aromatic carbocycles. The van der Waals surface area contributed by atoms with Gasteiger partial charge in [0.2, 0.25) is 0 Å². The van der Waals surface area contributed by atoms with E-state index in [0.29, 0.717) is 6.04 Å². The molecule has 0 spiro atoms. The van der Waals surface area contributed by atoms with Crippen molar-refractivity contribution in [1.82, 2.24) is 4.90 Å². The fraction of sp³-hybridized carbons (Fsp3) is 0.538. The van der Waals surface area contributed by atoms with Crippen molar-refractivity contribution in [2.24, 2.45) is 5.73 Å². The van der Waals surface area contributed by atoms with Crippen molar-refractivity contribution in [2.45, 2.75) is 18.9 Å². The quantitative estimate of drug-likeness (QED) is 0.840. The monoisotopic (exact) mass is 220 g/mol. The Kier molecular flexibility index (Phi) is 3.80. The zero-order valence-electron chi connectivity index (χ0n) is 9.86. The summed E-state index contributed by atoms with van der Waals surface area (Å²) in [4.78, 5) is 2.47. The summed E-state index contributed by atoms with van der Waals surface area (Å²) in [5.41, 5.74) is 7.01. The molecule has 1 unspecified atom stereocenters. The third kappa shape index (κ3) is 2.36. The van der Waals surface area contributed by atoms with E-state index in [1.807, 2.05) is 12.1 Å². The summed E-state index contributed by atoms with van der Waals surface area (Å²) in [7, 11) is 1.70. The van der Waals surface area contributed by atoms with Gasteiger partial charge in [-0.2, -0.15) is 0 Å². The van der Waals surface area contributed by atoms with Crippen molar-refractivity contribution >= 4 is 0 Å². The first-order valence-electron chi connectivity index (χ1n) is 5.93. The molecular formula is C13H20N2O. The molecule has 1 aliphatic heterocycles. The first kappa shape index (κ1) is 11.4. The van der Waals surface area contributed by atoms with Crippen LogP contribution in [-0.2, 0) is 0 Å². The Morgan fingerprint density at radius 3 is 2.75 bits per heavy atom. The third-order valence-corrected chi connectivity index (χ3v) is 3.28. The molecule has 0 aliphatic carbocycles. The standard InChI is InChI=1S/C13H20N2O/c1-16-12-6-4-11(5-7-12)13-3-2-9-15(13)10-8-14/h4-7,13H,2-3,8-10,14H2,1H3. The number of methoxy groups -OCH3 is 1. The van der Waals surface area contributed by atoms with E-state index < -0.39 is 0 Å². The highest BCUT2D eigenvalue weighted by atomic mass is 16.5. The predicted molar refractivity (Wildman–Crippen MR) is 65.6 cm³/mol. The Morgan fingerprint density at radius 2 is 2.12 bits per heavy atom. The Morgan fingerprint density at radius 1 is 1.38 bits per heavy atom. The van der Waals surface area contributed by atoms with Gasteiger partial charge < -0.3 is 10.5 Å². The second kappa shape index (κ2) is 5.32. The number of likely N-dealkylation sites (tertiary alicyclic amines) is 1. The lowest BCUT2D eigenvalue weighted by molar-refractivity contribution is 0.264. The van der Waals surface area contributed by atoms with Crippen LogP contribution in [0.5, 0.6) is 5.75 Å². The van der Waals surface area contributed by atoms with Crippen LogP contribution in [0.15, 0.2) is 24.3 Å². The molecule has 1 fully saturated rings. The van der Waals surface area contributed by atoms with Crippen LogP contribution >= 0.6 is 0 Å². The fourth-order valence-corrected chi connectivity index (χ4v) is 2.46. The van der Waals surface area contributed by atoms with Crippen LogP contribution in [0, 0.1) is 0 Å². The molecule has 2 N–H and O–H groups in total. The van der Waals surface area contributed by atoms with Gasteiger partial charge in [0.1, 0.15) is 5.75 Å². The molecule has 0 bridgehead atoms. The van der Waals surface area contributed by atoms with E-state index in [4.69, 9.17) is 10.5 Å². The average molecular weight is 220 g/mol. The van der Waals surface area contributed by atoms with Crippen molar-refractivity contribution in [2.75, 3.05) is 26.7 Å².